The van der Waals surface area contributed by atoms with Gasteiger partial charge in [-0.2, -0.15) is 0 Å². The summed E-state index contributed by atoms with van der Waals surface area (Å²) in [5.41, 5.74) is 9.46. The predicted octanol–water partition coefficient (Wildman–Crippen LogP) is 9.15. The van der Waals surface area contributed by atoms with Gasteiger partial charge in [0.05, 0.1) is 0 Å². The second-order valence-electron chi connectivity index (χ2n) is 10.6. The highest BCUT2D eigenvalue weighted by atomic mass is 14.9. The fraction of sp³-hybridized carbons (Fsp3) is 0.143. The fourth-order valence-corrected chi connectivity index (χ4v) is 6.28. The number of nitrogens with one attached hydrogen (secondary N) is 1. The number of hydrogen-bond donors (Lipinski definition) is 1. The minimum Gasteiger partial charge on any atom is -0.379 e. The molecule has 0 radical (unpaired) electrons. The van der Waals surface area contributed by atoms with E-state index in [2.05, 4.69) is 134 Å². The zero-order valence-corrected chi connectivity index (χ0v) is 20.8. The van der Waals surface area contributed by atoms with Gasteiger partial charge in [-0.15, -0.1) is 0 Å². The van der Waals surface area contributed by atoms with E-state index >= 15 is 0 Å². The van der Waals surface area contributed by atoms with Gasteiger partial charge in [0.15, 0.2) is 0 Å². The molecule has 1 unspecified atom stereocenters. The fourth-order valence-electron chi connectivity index (χ4n) is 6.28. The lowest BCUT2D eigenvalue weighted by Crippen LogP contribution is -2.23. The number of benzene rings is 5. The number of rotatable bonds is 3. The van der Waals surface area contributed by atoms with E-state index in [1.807, 2.05) is 0 Å². The Morgan fingerprint density at radius 2 is 1.39 bits per heavy atom. The van der Waals surface area contributed by atoms with Gasteiger partial charge in [-0.05, 0) is 79.6 Å². The second-order valence-corrected chi connectivity index (χ2v) is 10.6. The van der Waals surface area contributed by atoms with E-state index < -0.39 is 0 Å². The average Bonchev–Trinajstić information content (AvgIpc) is 3.15. The SMILES string of the molecule is CC1(C)C2=CC(Nc3ccc(-c4cc5ccccc5c5ccccc45)cc3)CC=C2c2ccccc21. The van der Waals surface area contributed by atoms with Gasteiger partial charge in [-0.3, -0.25) is 0 Å². The minimum atomic E-state index is 0.0454. The second kappa shape index (κ2) is 7.96. The third kappa shape index (κ3) is 3.23. The van der Waals surface area contributed by atoms with E-state index in [1.54, 1.807) is 0 Å². The van der Waals surface area contributed by atoms with E-state index in [0.717, 1.165) is 12.1 Å². The molecule has 0 heterocycles. The molecule has 0 aliphatic heterocycles. The molecule has 2 aliphatic rings. The van der Waals surface area contributed by atoms with Crippen molar-refractivity contribution in [1.82, 2.24) is 0 Å². The van der Waals surface area contributed by atoms with Crippen LogP contribution in [0.15, 0.2) is 121 Å². The molecule has 1 nitrogen and oxygen atoms in total. The Labute approximate surface area is 212 Å². The van der Waals surface area contributed by atoms with Crippen LogP contribution in [0.2, 0.25) is 0 Å². The molecule has 1 heteroatoms. The van der Waals surface area contributed by atoms with E-state index in [4.69, 9.17) is 0 Å². The van der Waals surface area contributed by atoms with Crippen molar-refractivity contribution >= 4 is 32.8 Å². The summed E-state index contributed by atoms with van der Waals surface area (Å²) in [4.78, 5) is 0. The number of allylic oxidation sites excluding steroid dienone is 2. The topological polar surface area (TPSA) is 12.0 Å². The van der Waals surface area contributed by atoms with E-state index in [1.165, 1.54) is 54.9 Å². The summed E-state index contributed by atoms with van der Waals surface area (Å²) in [5.74, 6) is 0. The molecular weight excluding hydrogens is 434 g/mol. The molecule has 2 aliphatic carbocycles. The van der Waals surface area contributed by atoms with Crippen molar-refractivity contribution in [2.24, 2.45) is 0 Å². The molecule has 0 bridgehead atoms. The molecule has 0 spiro atoms. The quantitative estimate of drug-likeness (QED) is 0.263. The Morgan fingerprint density at radius 3 is 2.22 bits per heavy atom. The Hall–Kier alpha value is -4.10. The van der Waals surface area contributed by atoms with Crippen LogP contribution in [0, 0.1) is 0 Å². The zero-order chi connectivity index (χ0) is 24.3. The molecule has 36 heavy (non-hydrogen) atoms. The van der Waals surface area contributed by atoms with Gasteiger partial charge in [-0.1, -0.05) is 111 Å². The molecule has 174 valence electrons. The van der Waals surface area contributed by atoms with Gasteiger partial charge >= 0.3 is 0 Å². The van der Waals surface area contributed by atoms with Crippen LogP contribution in [0.25, 0.3) is 38.2 Å². The Balaban J connectivity index is 1.20. The number of fused-ring (bicyclic) bond motifs is 6. The monoisotopic (exact) mass is 463 g/mol. The lowest BCUT2D eigenvalue weighted by molar-refractivity contribution is 0.650. The van der Waals surface area contributed by atoms with Crippen molar-refractivity contribution in [3.8, 4) is 11.1 Å². The standard InChI is InChI=1S/C35H29N/c1-35(2)33-14-8-7-13-30(33)31-20-19-26(22-34(31)35)36-25-17-15-23(16-18-25)32-21-24-9-3-4-10-27(24)28-11-5-6-12-29(28)32/h3-18,20-22,26,36H,19H2,1-2H3. The van der Waals surface area contributed by atoms with Crippen molar-refractivity contribution in [3.63, 3.8) is 0 Å². The van der Waals surface area contributed by atoms with E-state index in [-0.39, 0.29) is 5.41 Å². The molecule has 0 amide bonds. The first-order valence-corrected chi connectivity index (χ1v) is 12.9. The Morgan fingerprint density at radius 1 is 0.694 bits per heavy atom. The van der Waals surface area contributed by atoms with Crippen molar-refractivity contribution in [3.05, 3.63) is 132 Å². The maximum Gasteiger partial charge on any atom is 0.0485 e. The minimum absolute atomic E-state index is 0.0454. The summed E-state index contributed by atoms with van der Waals surface area (Å²) < 4.78 is 0. The molecule has 7 rings (SSSR count). The Bertz CT molecular complexity index is 1700. The van der Waals surface area contributed by atoms with Gasteiger partial charge in [0.25, 0.3) is 0 Å². The summed E-state index contributed by atoms with van der Waals surface area (Å²) in [7, 11) is 0. The summed E-state index contributed by atoms with van der Waals surface area (Å²) in [6.45, 7) is 4.70. The first-order valence-electron chi connectivity index (χ1n) is 12.9. The van der Waals surface area contributed by atoms with Crippen LogP contribution in [-0.2, 0) is 5.41 Å². The largest absolute Gasteiger partial charge is 0.379 e. The average molecular weight is 464 g/mol. The summed E-state index contributed by atoms with van der Waals surface area (Å²) >= 11 is 0. The normalized spacial score (nSPS) is 17.9. The van der Waals surface area contributed by atoms with Crippen molar-refractivity contribution in [2.45, 2.75) is 31.7 Å². The molecule has 0 saturated carbocycles. The molecular formula is C35H29N. The summed E-state index contributed by atoms with van der Waals surface area (Å²) in [6, 6.07) is 37.9. The van der Waals surface area contributed by atoms with Gasteiger partial charge in [0.2, 0.25) is 0 Å². The molecule has 5 aromatic carbocycles. The van der Waals surface area contributed by atoms with Crippen LogP contribution in [0.3, 0.4) is 0 Å². The summed E-state index contributed by atoms with van der Waals surface area (Å²) in [6.07, 6.45) is 5.89. The van der Waals surface area contributed by atoms with E-state index in [0.29, 0.717) is 6.04 Å². The smallest absolute Gasteiger partial charge is 0.0485 e. The van der Waals surface area contributed by atoms with Gasteiger partial charge in [0, 0.05) is 17.1 Å². The van der Waals surface area contributed by atoms with Gasteiger partial charge in [-0.25, -0.2) is 0 Å². The van der Waals surface area contributed by atoms with Crippen LogP contribution in [0.4, 0.5) is 5.69 Å². The van der Waals surface area contributed by atoms with Crippen LogP contribution < -0.4 is 5.32 Å². The molecule has 1 atom stereocenters. The Kier molecular flexibility index (Phi) is 4.69. The maximum atomic E-state index is 3.78. The van der Waals surface area contributed by atoms with Crippen LogP contribution in [0.5, 0.6) is 0 Å². The third-order valence-electron chi connectivity index (χ3n) is 8.11. The van der Waals surface area contributed by atoms with Gasteiger partial charge < -0.3 is 5.32 Å². The maximum absolute atomic E-state index is 3.78. The first kappa shape index (κ1) is 21.2. The molecule has 5 aromatic rings. The van der Waals surface area contributed by atoms with E-state index in [9.17, 15) is 0 Å². The molecule has 0 aromatic heterocycles. The highest BCUT2D eigenvalue weighted by Crippen LogP contribution is 2.51. The van der Waals surface area contributed by atoms with Crippen molar-refractivity contribution in [1.29, 1.82) is 0 Å². The highest BCUT2D eigenvalue weighted by molar-refractivity contribution is 6.13. The van der Waals surface area contributed by atoms with Crippen LogP contribution in [-0.4, -0.2) is 6.04 Å². The number of hydrogen-bond acceptors (Lipinski definition) is 1. The highest BCUT2D eigenvalue weighted by Gasteiger charge is 2.39. The first-order chi connectivity index (χ1) is 17.6. The molecule has 0 fully saturated rings. The van der Waals surface area contributed by atoms with Crippen LogP contribution >= 0.6 is 0 Å². The molecule has 1 N–H and O–H groups in total. The van der Waals surface area contributed by atoms with Crippen molar-refractivity contribution in [2.75, 3.05) is 5.32 Å². The lowest BCUT2D eigenvalue weighted by Gasteiger charge is -2.27. The third-order valence-corrected chi connectivity index (χ3v) is 8.11. The lowest BCUT2D eigenvalue weighted by atomic mass is 9.79. The summed E-state index contributed by atoms with van der Waals surface area (Å²) in [5, 5.41) is 8.99. The number of anilines is 1. The van der Waals surface area contributed by atoms with Crippen LogP contribution in [0.1, 0.15) is 31.4 Å². The van der Waals surface area contributed by atoms with Gasteiger partial charge in [0.1, 0.15) is 0 Å². The molecule has 0 saturated heterocycles. The van der Waals surface area contributed by atoms with Crippen molar-refractivity contribution < 1.29 is 0 Å². The zero-order valence-electron chi connectivity index (χ0n) is 20.8. The predicted molar refractivity (Wildman–Crippen MR) is 154 cm³/mol.